The molecule has 2 aromatic heterocycles. The molecule has 1 aliphatic carbocycles. The monoisotopic (exact) mass is 399 g/mol. The molecule has 1 fully saturated rings. The second-order valence-corrected chi connectivity index (χ2v) is 7.64. The van der Waals surface area contributed by atoms with E-state index in [1.807, 2.05) is 41.8 Å². The third kappa shape index (κ3) is 3.25. The van der Waals surface area contributed by atoms with E-state index in [0.29, 0.717) is 11.5 Å². The third-order valence-corrected chi connectivity index (χ3v) is 5.23. The van der Waals surface area contributed by atoms with Crippen LogP contribution in [0.1, 0.15) is 39.7 Å². The fourth-order valence-electron chi connectivity index (χ4n) is 2.57. The highest BCUT2D eigenvalue weighted by atomic mass is 79.9. The smallest absolute Gasteiger partial charge is 0.267 e. The van der Waals surface area contributed by atoms with E-state index < -0.39 is 0 Å². The molecular weight excluding hydrogens is 386 g/mol. The fourth-order valence-corrected chi connectivity index (χ4v) is 3.52. The van der Waals surface area contributed by atoms with Crippen molar-refractivity contribution >= 4 is 50.3 Å². The van der Waals surface area contributed by atoms with E-state index in [1.165, 1.54) is 0 Å². The van der Waals surface area contributed by atoms with Crippen LogP contribution in [0.15, 0.2) is 51.4 Å². The highest BCUT2D eigenvalue weighted by molar-refractivity contribution is 9.10. The molecule has 0 bridgehead atoms. The van der Waals surface area contributed by atoms with Crippen LogP contribution in [0.3, 0.4) is 0 Å². The van der Waals surface area contributed by atoms with Crippen LogP contribution in [0.2, 0.25) is 0 Å². The highest BCUT2D eigenvalue weighted by Crippen LogP contribution is 2.40. The first kappa shape index (κ1) is 15.5. The van der Waals surface area contributed by atoms with Crippen molar-refractivity contribution in [2.24, 2.45) is 5.10 Å². The number of thiophene rings is 1. The number of nitrogens with one attached hydrogen (secondary N) is 1. The van der Waals surface area contributed by atoms with Crippen LogP contribution in [0.25, 0.3) is 10.9 Å². The number of benzene rings is 1. The van der Waals surface area contributed by atoms with Crippen LogP contribution in [-0.2, 0) is 0 Å². The lowest BCUT2D eigenvalue weighted by molar-refractivity contribution is 0.0956. The molecule has 0 unspecified atom stereocenters. The summed E-state index contributed by atoms with van der Waals surface area (Å²) in [6.07, 6.45) is 3.95. The van der Waals surface area contributed by atoms with Gasteiger partial charge in [0.15, 0.2) is 0 Å². The van der Waals surface area contributed by atoms with Crippen LogP contribution in [0, 0.1) is 0 Å². The summed E-state index contributed by atoms with van der Waals surface area (Å²) in [6.45, 7) is 0. The van der Waals surface area contributed by atoms with Crippen molar-refractivity contribution < 1.29 is 4.79 Å². The van der Waals surface area contributed by atoms with Crippen molar-refractivity contribution in [3.63, 3.8) is 0 Å². The van der Waals surface area contributed by atoms with Gasteiger partial charge in [0.05, 0.1) is 17.3 Å². The first-order valence-electron chi connectivity index (χ1n) is 7.68. The summed E-state index contributed by atoms with van der Waals surface area (Å²) in [5, 5.41) is 6.87. The van der Waals surface area contributed by atoms with Crippen molar-refractivity contribution in [2.75, 3.05) is 0 Å². The maximum Gasteiger partial charge on any atom is 0.272 e. The van der Waals surface area contributed by atoms with Crippen LogP contribution < -0.4 is 5.43 Å². The Morgan fingerprint density at radius 1 is 1.33 bits per heavy atom. The summed E-state index contributed by atoms with van der Waals surface area (Å²) in [6, 6.07) is 11.6. The Kier molecular flexibility index (Phi) is 4.16. The SMILES string of the molecule is O=C(N/N=C\c1cccs1)c1cc(C2CC2)nc2ccc(Br)cc12. The topological polar surface area (TPSA) is 54.4 Å². The molecule has 1 saturated carbocycles. The zero-order valence-corrected chi connectivity index (χ0v) is 15.1. The Hall–Kier alpha value is -2.05. The van der Waals surface area contributed by atoms with Gasteiger partial charge in [0.25, 0.3) is 5.91 Å². The van der Waals surface area contributed by atoms with E-state index in [-0.39, 0.29) is 5.91 Å². The lowest BCUT2D eigenvalue weighted by atomic mass is 10.1. The molecule has 4 rings (SSSR count). The van der Waals surface area contributed by atoms with Crippen molar-refractivity contribution in [3.8, 4) is 0 Å². The lowest BCUT2D eigenvalue weighted by Gasteiger charge is -2.08. The number of carbonyl (C=O) groups is 1. The van der Waals surface area contributed by atoms with Gasteiger partial charge in [0, 0.05) is 26.3 Å². The van der Waals surface area contributed by atoms with Gasteiger partial charge in [0.1, 0.15) is 0 Å². The number of fused-ring (bicyclic) bond motifs is 1. The van der Waals surface area contributed by atoms with Gasteiger partial charge in [-0.1, -0.05) is 22.0 Å². The maximum absolute atomic E-state index is 12.6. The molecule has 1 amide bonds. The van der Waals surface area contributed by atoms with Crippen molar-refractivity contribution in [2.45, 2.75) is 18.8 Å². The third-order valence-electron chi connectivity index (χ3n) is 3.93. The minimum absolute atomic E-state index is 0.213. The summed E-state index contributed by atoms with van der Waals surface area (Å²) in [4.78, 5) is 18.3. The Morgan fingerprint density at radius 2 is 2.21 bits per heavy atom. The molecule has 1 aromatic carbocycles. The standard InChI is InChI=1S/C18H14BrN3OS/c19-12-5-6-16-14(8-12)15(9-17(21-16)11-3-4-11)18(23)22-20-10-13-2-1-7-24-13/h1-2,5-11H,3-4H2,(H,22,23)/b20-10-. The van der Waals surface area contributed by atoms with Gasteiger partial charge >= 0.3 is 0 Å². The van der Waals surface area contributed by atoms with Gasteiger partial charge in [0.2, 0.25) is 0 Å². The average Bonchev–Trinajstić information content (AvgIpc) is 3.31. The molecule has 0 saturated heterocycles. The van der Waals surface area contributed by atoms with Gasteiger partial charge in [-0.2, -0.15) is 5.10 Å². The second kappa shape index (κ2) is 6.45. The number of hydrogen-bond donors (Lipinski definition) is 1. The summed E-state index contributed by atoms with van der Waals surface area (Å²) in [5.74, 6) is 0.273. The Morgan fingerprint density at radius 3 is 2.96 bits per heavy atom. The Labute approximate surface area is 151 Å². The zero-order valence-electron chi connectivity index (χ0n) is 12.7. The number of rotatable bonds is 4. The van der Waals surface area contributed by atoms with Gasteiger partial charge in [-0.15, -0.1) is 11.3 Å². The van der Waals surface area contributed by atoms with Gasteiger partial charge < -0.3 is 0 Å². The van der Waals surface area contributed by atoms with E-state index in [9.17, 15) is 4.79 Å². The molecule has 1 aliphatic rings. The number of nitrogens with zero attached hydrogens (tertiary/aromatic N) is 2. The first-order chi connectivity index (χ1) is 11.7. The number of pyridine rings is 1. The lowest BCUT2D eigenvalue weighted by Crippen LogP contribution is -2.18. The van der Waals surface area contributed by atoms with Gasteiger partial charge in [-0.05, 0) is 48.6 Å². The molecule has 2 heterocycles. The molecular formula is C18H14BrN3OS. The zero-order chi connectivity index (χ0) is 16.5. The molecule has 6 heteroatoms. The number of amides is 1. The molecule has 0 aliphatic heterocycles. The van der Waals surface area contributed by atoms with E-state index in [0.717, 1.165) is 38.8 Å². The van der Waals surface area contributed by atoms with Crippen LogP contribution in [0.5, 0.6) is 0 Å². The molecule has 1 N–H and O–H groups in total. The average molecular weight is 400 g/mol. The number of carbonyl (C=O) groups excluding carboxylic acids is 1. The first-order valence-corrected chi connectivity index (χ1v) is 9.35. The fraction of sp³-hybridized carbons (Fsp3) is 0.167. The van der Waals surface area contributed by atoms with E-state index in [2.05, 4.69) is 26.5 Å². The normalized spacial score (nSPS) is 14.4. The summed E-state index contributed by atoms with van der Waals surface area (Å²) < 4.78 is 0.923. The number of hydrogen-bond acceptors (Lipinski definition) is 4. The maximum atomic E-state index is 12.6. The number of halogens is 1. The predicted molar refractivity (Wildman–Crippen MR) is 101 cm³/mol. The minimum atomic E-state index is -0.213. The second-order valence-electron chi connectivity index (χ2n) is 5.74. The van der Waals surface area contributed by atoms with Crippen LogP contribution in [0.4, 0.5) is 0 Å². The summed E-state index contributed by atoms with van der Waals surface area (Å²) in [7, 11) is 0. The number of aromatic nitrogens is 1. The molecule has 4 nitrogen and oxygen atoms in total. The number of hydrazone groups is 1. The van der Waals surface area contributed by atoms with E-state index in [1.54, 1.807) is 17.6 Å². The quantitative estimate of drug-likeness (QED) is 0.510. The molecule has 24 heavy (non-hydrogen) atoms. The molecule has 0 atom stereocenters. The minimum Gasteiger partial charge on any atom is -0.267 e. The van der Waals surface area contributed by atoms with Crippen LogP contribution in [-0.4, -0.2) is 17.1 Å². The predicted octanol–water partition coefficient (Wildman–Crippen LogP) is 4.70. The van der Waals surface area contributed by atoms with Crippen LogP contribution >= 0.6 is 27.3 Å². The van der Waals surface area contributed by atoms with E-state index in [4.69, 9.17) is 4.98 Å². The van der Waals surface area contributed by atoms with Crippen molar-refractivity contribution in [1.29, 1.82) is 0 Å². The van der Waals surface area contributed by atoms with Gasteiger partial charge in [-0.25, -0.2) is 5.43 Å². The van der Waals surface area contributed by atoms with E-state index >= 15 is 0 Å². The summed E-state index contributed by atoms with van der Waals surface area (Å²) in [5.41, 5.74) is 5.09. The van der Waals surface area contributed by atoms with Gasteiger partial charge in [-0.3, -0.25) is 9.78 Å². The largest absolute Gasteiger partial charge is 0.272 e. The Bertz CT molecular complexity index is 933. The molecule has 3 aromatic rings. The summed E-state index contributed by atoms with van der Waals surface area (Å²) >= 11 is 5.04. The highest BCUT2D eigenvalue weighted by Gasteiger charge is 2.27. The van der Waals surface area contributed by atoms with Crippen molar-refractivity contribution in [1.82, 2.24) is 10.4 Å². The molecule has 0 spiro atoms. The molecule has 0 radical (unpaired) electrons. The van der Waals surface area contributed by atoms with Crippen molar-refractivity contribution in [3.05, 3.63) is 62.4 Å². The Balaban J connectivity index is 1.68. The molecule has 120 valence electrons.